The van der Waals surface area contributed by atoms with E-state index in [2.05, 4.69) is 5.32 Å². The number of carbonyl (C=O) groups is 2. The number of nitrogens with one attached hydrogen (secondary N) is 1. The molecule has 0 bridgehead atoms. The number of carbonyl (C=O) groups excluding carboxylic acids is 2. The molecular weight excluding hydrogens is 590 g/mol. The summed E-state index contributed by atoms with van der Waals surface area (Å²) < 4.78 is 40.2. The maximum Gasteiger partial charge on any atom is 0.264 e. The Balaban J connectivity index is 1.76. The molecule has 3 aromatic carbocycles. The molecule has 3 aromatic rings. The van der Waals surface area contributed by atoms with Crippen LogP contribution in [0.25, 0.3) is 0 Å². The second-order valence-electron chi connectivity index (χ2n) is 10.7. The molecule has 1 atom stereocenters. The summed E-state index contributed by atoms with van der Waals surface area (Å²) in [7, 11) is -1.39. The zero-order valence-electron chi connectivity index (χ0n) is 24.9. The number of amides is 2. The highest BCUT2D eigenvalue weighted by atomic mass is 35.5. The minimum Gasteiger partial charge on any atom is -0.497 e. The van der Waals surface area contributed by atoms with Crippen molar-refractivity contribution in [3.8, 4) is 11.5 Å². The van der Waals surface area contributed by atoms with Gasteiger partial charge < -0.3 is 19.7 Å². The van der Waals surface area contributed by atoms with Crippen LogP contribution in [0.4, 0.5) is 5.69 Å². The van der Waals surface area contributed by atoms with Gasteiger partial charge in [-0.1, -0.05) is 54.3 Å². The van der Waals surface area contributed by atoms with Crippen LogP contribution in [0.3, 0.4) is 0 Å². The molecule has 1 unspecified atom stereocenters. The Bertz CT molecular complexity index is 1540. The number of halogens is 1. The summed E-state index contributed by atoms with van der Waals surface area (Å²) in [6.07, 6.45) is 3.86. The molecule has 1 aliphatic rings. The first-order valence-corrected chi connectivity index (χ1v) is 16.0. The van der Waals surface area contributed by atoms with Crippen molar-refractivity contribution in [2.75, 3.05) is 25.1 Å². The SMILES string of the molecule is COc1ccc(OC)c(N(CC(=O)N(Cc2cccc(Cl)c2)C(C)C(=O)NC2CCCC2)S(=O)(=O)c2ccc(C)cc2)c1. The topological polar surface area (TPSA) is 105 Å². The van der Waals surface area contributed by atoms with Gasteiger partial charge in [0, 0.05) is 23.7 Å². The third kappa shape index (κ3) is 7.80. The molecule has 4 rings (SSSR count). The van der Waals surface area contributed by atoms with Gasteiger partial charge in [-0.15, -0.1) is 0 Å². The van der Waals surface area contributed by atoms with Gasteiger partial charge in [-0.25, -0.2) is 8.42 Å². The number of rotatable bonds is 12. The maximum atomic E-state index is 14.2. The molecule has 2 amide bonds. The summed E-state index contributed by atoms with van der Waals surface area (Å²) in [5.41, 5.74) is 1.71. The van der Waals surface area contributed by atoms with E-state index in [-0.39, 0.29) is 34.8 Å². The van der Waals surface area contributed by atoms with Crippen LogP contribution >= 0.6 is 11.6 Å². The van der Waals surface area contributed by atoms with Crippen LogP contribution in [-0.2, 0) is 26.2 Å². The fraction of sp³-hybridized carbons (Fsp3) is 0.375. The molecule has 1 saturated carbocycles. The van der Waals surface area contributed by atoms with Gasteiger partial charge >= 0.3 is 0 Å². The Labute approximate surface area is 258 Å². The van der Waals surface area contributed by atoms with Gasteiger partial charge in [-0.05, 0) is 68.7 Å². The lowest BCUT2D eigenvalue weighted by atomic mass is 10.1. The lowest BCUT2D eigenvalue weighted by Gasteiger charge is -2.33. The predicted octanol–water partition coefficient (Wildman–Crippen LogP) is 5.34. The third-order valence-electron chi connectivity index (χ3n) is 7.65. The van der Waals surface area contributed by atoms with Crippen molar-refractivity contribution >= 4 is 39.1 Å². The summed E-state index contributed by atoms with van der Waals surface area (Å²) in [6.45, 7) is 2.96. The molecule has 9 nitrogen and oxygen atoms in total. The number of methoxy groups -OCH3 is 2. The molecule has 0 spiro atoms. The molecule has 0 aromatic heterocycles. The number of anilines is 1. The largest absolute Gasteiger partial charge is 0.497 e. The van der Waals surface area contributed by atoms with E-state index < -0.39 is 28.5 Å². The molecular formula is C32H38ClN3O6S. The lowest BCUT2D eigenvalue weighted by molar-refractivity contribution is -0.139. The van der Waals surface area contributed by atoms with E-state index in [1.54, 1.807) is 55.5 Å². The molecule has 0 aliphatic heterocycles. The summed E-state index contributed by atoms with van der Waals surface area (Å²) in [5.74, 6) is -0.256. The van der Waals surface area contributed by atoms with E-state index >= 15 is 0 Å². The van der Waals surface area contributed by atoms with E-state index in [0.29, 0.717) is 16.3 Å². The number of ether oxygens (including phenoxy) is 2. The van der Waals surface area contributed by atoms with Gasteiger partial charge in [-0.3, -0.25) is 13.9 Å². The number of hydrogen-bond acceptors (Lipinski definition) is 6. The fourth-order valence-electron chi connectivity index (χ4n) is 5.15. The smallest absolute Gasteiger partial charge is 0.264 e. The number of hydrogen-bond donors (Lipinski definition) is 1. The van der Waals surface area contributed by atoms with E-state index in [0.717, 1.165) is 35.6 Å². The third-order valence-corrected chi connectivity index (χ3v) is 9.66. The van der Waals surface area contributed by atoms with Crippen molar-refractivity contribution < 1.29 is 27.5 Å². The lowest BCUT2D eigenvalue weighted by Crippen LogP contribution is -2.52. The van der Waals surface area contributed by atoms with E-state index in [4.69, 9.17) is 21.1 Å². The Morgan fingerprint density at radius 3 is 2.33 bits per heavy atom. The Hall–Kier alpha value is -3.76. The maximum absolute atomic E-state index is 14.2. The molecule has 0 saturated heterocycles. The molecule has 230 valence electrons. The zero-order chi connectivity index (χ0) is 31.1. The van der Waals surface area contributed by atoms with Gasteiger partial charge in [0.15, 0.2) is 0 Å². The van der Waals surface area contributed by atoms with Crippen LogP contribution in [0.2, 0.25) is 5.02 Å². The number of nitrogens with zero attached hydrogens (tertiary/aromatic N) is 2. The van der Waals surface area contributed by atoms with E-state index in [9.17, 15) is 18.0 Å². The van der Waals surface area contributed by atoms with Crippen molar-refractivity contribution in [2.24, 2.45) is 0 Å². The van der Waals surface area contributed by atoms with Crippen LogP contribution in [0.15, 0.2) is 71.6 Å². The monoisotopic (exact) mass is 627 g/mol. The summed E-state index contributed by atoms with van der Waals surface area (Å²) in [4.78, 5) is 29.0. The van der Waals surface area contributed by atoms with Crippen molar-refractivity contribution in [3.05, 3.63) is 82.9 Å². The quantitative estimate of drug-likeness (QED) is 0.291. The Kier molecular flexibility index (Phi) is 10.6. The van der Waals surface area contributed by atoms with Gasteiger partial charge in [0.05, 0.1) is 24.8 Å². The fourth-order valence-corrected chi connectivity index (χ4v) is 6.78. The van der Waals surface area contributed by atoms with E-state index in [1.807, 2.05) is 6.92 Å². The highest BCUT2D eigenvalue weighted by molar-refractivity contribution is 7.92. The molecule has 0 radical (unpaired) electrons. The second kappa shape index (κ2) is 14.1. The van der Waals surface area contributed by atoms with Gasteiger partial charge in [0.2, 0.25) is 11.8 Å². The standard InChI is InChI=1S/C32H38ClN3O6S/c1-22-12-15-28(16-13-22)43(39,40)36(29-19-27(41-3)14-17-30(29)42-4)21-31(37)35(20-24-8-7-9-25(33)18-24)23(2)32(38)34-26-10-5-6-11-26/h7-9,12-19,23,26H,5-6,10-11,20-21H2,1-4H3,(H,34,38). The summed E-state index contributed by atoms with van der Waals surface area (Å²) in [5, 5.41) is 3.55. The van der Waals surface area contributed by atoms with Gasteiger partial charge in [-0.2, -0.15) is 0 Å². The highest BCUT2D eigenvalue weighted by Crippen LogP contribution is 2.36. The van der Waals surface area contributed by atoms with Crippen molar-refractivity contribution in [1.29, 1.82) is 0 Å². The van der Waals surface area contributed by atoms with Crippen LogP contribution in [0.1, 0.15) is 43.7 Å². The van der Waals surface area contributed by atoms with Gasteiger partial charge in [0.1, 0.15) is 24.1 Å². The van der Waals surface area contributed by atoms with Crippen molar-refractivity contribution in [2.45, 2.75) is 63.1 Å². The molecule has 1 N–H and O–H groups in total. The normalized spacial score (nSPS) is 14.2. The molecule has 0 heterocycles. The number of aryl methyl sites for hydroxylation is 1. The first kappa shape index (κ1) is 32.2. The minimum atomic E-state index is -4.27. The predicted molar refractivity (Wildman–Crippen MR) is 167 cm³/mol. The Morgan fingerprint density at radius 2 is 1.70 bits per heavy atom. The Morgan fingerprint density at radius 1 is 1.00 bits per heavy atom. The van der Waals surface area contributed by atoms with Crippen LogP contribution in [-0.4, -0.2) is 58.0 Å². The van der Waals surface area contributed by atoms with Crippen LogP contribution < -0.4 is 19.1 Å². The van der Waals surface area contributed by atoms with Gasteiger partial charge in [0.25, 0.3) is 10.0 Å². The minimum absolute atomic E-state index is 0.00388. The highest BCUT2D eigenvalue weighted by Gasteiger charge is 2.34. The van der Waals surface area contributed by atoms with Crippen molar-refractivity contribution in [1.82, 2.24) is 10.2 Å². The average Bonchev–Trinajstić information content (AvgIpc) is 3.51. The van der Waals surface area contributed by atoms with E-state index in [1.165, 1.54) is 37.3 Å². The van der Waals surface area contributed by atoms with Crippen LogP contribution in [0.5, 0.6) is 11.5 Å². The molecule has 1 fully saturated rings. The molecule has 43 heavy (non-hydrogen) atoms. The number of sulfonamides is 1. The first-order valence-electron chi connectivity index (χ1n) is 14.2. The zero-order valence-corrected chi connectivity index (χ0v) is 26.5. The van der Waals surface area contributed by atoms with Crippen LogP contribution in [0, 0.1) is 6.92 Å². The summed E-state index contributed by atoms with van der Waals surface area (Å²) >= 11 is 6.23. The molecule has 1 aliphatic carbocycles. The molecule has 11 heteroatoms. The van der Waals surface area contributed by atoms with Crippen molar-refractivity contribution in [3.63, 3.8) is 0 Å². The number of benzene rings is 3. The summed E-state index contributed by atoms with van der Waals surface area (Å²) in [6, 6.07) is 17.3. The average molecular weight is 628 g/mol. The first-order chi connectivity index (χ1) is 20.5. The second-order valence-corrected chi connectivity index (χ2v) is 13.0.